The monoisotopic (exact) mass is 345 g/mol. The molecular weight excluding hydrogens is 310 g/mol. The van der Waals surface area contributed by atoms with Gasteiger partial charge in [-0.1, -0.05) is 6.42 Å². The van der Waals surface area contributed by atoms with Gasteiger partial charge < -0.3 is 15.2 Å². The van der Waals surface area contributed by atoms with Gasteiger partial charge in [0.1, 0.15) is 0 Å². The van der Waals surface area contributed by atoms with Gasteiger partial charge in [0, 0.05) is 24.6 Å². The van der Waals surface area contributed by atoms with E-state index >= 15 is 0 Å². The Bertz CT molecular complexity index is 320. The molecule has 4 atom stereocenters. The second-order valence-electron chi connectivity index (χ2n) is 7.73. The highest BCUT2D eigenvalue weighted by Crippen LogP contribution is 2.31. The van der Waals surface area contributed by atoms with Crippen LogP contribution in [0.5, 0.6) is 0 Å². The van der Waals surface area contributed by atoms with Crippen molar-refractivity contribution in [2.75, 3.05) is 13.2 Å². The molecule has 2 rings (SSSR count). The van der Waals surface area contributed by atoms with Gasteiger partial charge in [0.15, 0.2) is 0 Å². The van der Waals surface area contributed by atoms with Gasteiger partial charge in [0.25, 0.3) is 0 Å². The van der Waals surface area contributed by atoms with Crippen molar-refractivity contribution in [2.24, 2.45) is 11.8 Å². The van der Waals surface area contributed by atoms with Gasteiger partial charge >= 0.3 is 0 Å². The fourth-order valence-electron chi connectivity index (χ4n) is 4.36. The molecule has 0 bridgehead atoms. The van der Waals surface area contributed by atoms with Gasteiger partial charge in [-0.3, -0.25) is 0 Å². The van der Waals surface area contributed by atoms with Crippen LogP contribution >= 0.6 is 11.6 Å². The number of hydrogen-bond acceptors (Lipinski definition) is 3. The molecule has 2 saturated carbocycles. The van der Waals surface area contributed by atoms with Crippen molar-refractivity contribution in [3.8, 4) is 0 Å². The molecule has 0 amide bonds. The number of alkyl halides is 1. The fraction of sp³-hybridized carbons (Fsp3) is 1.00. The van der Waals surface area contributed by atoms with Crippen LogP contribution in [-0.4, -0.2) is 41.9 Å². The number of halogens is 1. The van der Waals surface area contributed by atoms with Crippen molar-refractivity contribution in [3.63, 3.8) is 0 Å². The fourth-order valence-corrected chi connectivity index (χ4v) is 4.74. The minimum absolute atomic E-state index is 0.243. The molecule has 0 aliphatic heterocycles. The minimum Gasteiger partial charge on any atom is -0.392 e. The highest BCUT2D eigenvalue weighted by Gasteiger charge is 2.27. The summed E-state index contributed by atoms with van der Waals surface area (Å²) in [4.78, 5) is 0. The molecule has 3 nitrogen and oxygen atoms in total. The van der Waals surface area contributed by atoms with Crippen LogP contribution < -0.4 is 5.32 Å². The Morgan fingerprint density at radius 2 is 1.91 bits per heavy atom. The first-order valence-electron chi connectivity index (χ1n) is 9.75. The van der Waals surface area contributed by atoms with Crippen LogP contribution in [0.3, 0.4) is 0 Å². The van der Waals surface area contributed by atoms with Crippen molar-refractivity contribution in [1.29, 1.82) is 0 Å². The molecule has 0 aromatic carbocycles. The Hall–Kier alpha value is 0.170. The maximum absolute atomic E-state index is 10.4. The van der Waals surface area contributed by atoms with Crippen molar-refractivity contribution < 1.29 is 9.84 Å². The summed E-state index contributed by atoms with van der Waals surface area (Å²) in [6, 6.07) is 0.480. The van der Waals surface area contributed by atoms with Crippen molar-refractivity contribution in [3.05, 3.63) is 0 Å². The number of nitrogens with one attached hydrogen (secondary N) is 1. The maximum Gasteiger partial charge on any atom is 0.0693 e. The van der Waals surface area contributed by atoms with E-state index in [0.717, 1.165) is 38.2 Å². The van der Waals surface area contributed by atoms with Crippen molar-refractivity contribution >= 4 is 11.6 Å². The molecule has 4 heteroatoms. The van der Waals surface area contributed by atoms with E-state index in [-0.39, 0.29) is 11.5 Å². The van der Waals surface area contributed by atoms with Crippen LogP contribution in [0, 0.1) is 11.8 Å². The maximum atomic E-state index is 10.4. The zero-order valence-electron chi connectivity index (χ0n) is 15.0. The smallest absolute Gasteiger partial charge is 0.0693 e. The summed E-state index contributed by atoms with van der Waals surface area (Å²) in [6.07, 6.45) is 10.8. The number of hydrogen-bond donors (Lipinski definition) is 2. The third kappa shape index (κ3) is 6.89. The summed E-state index contributed by atoms with van der Waals surface area (Å²) >= 11 is 6.24. The topological polar surface area (TPSA) is 41.5 Å². The van der Waals surface area contributed by atoms with Gasteiger partial charge in [0.05, 0.1) is 12.2 Å². The number of rotatable bonds is 8. The Morgan fingerprint density at radius 3 is 2.57 bits per heavy atom. The first-order chi connectivity index (χ1) is 11.1. The quantitative estimate of drug-likeness (QED) is 0.650. The summed E-state index contributed by atoms with van der Waals surface area (Å²) in [5.41, 5.74) is 0. The van der Waals surface area contributed by atoms with Crippen LogP contribution in [0.1, 0.15) is 71.6 Å². The average Bonchev–Trinajstić information content (AvgIpc) is 2.55. The van der Waals surface area contributed by atoms with Crippen LogP contribution in [-0.2, 0) is 4.74 Å². The Kier molecular flexibility index (Phi) is 8.67. The molecule has 136 valence electrons. The molecule has 2 aliphatic carbocycles. The molecule has 0 saturated heterocycles. The van der Waals surface area contributed by atoms with E-state index in [4.69, 9.17) is 16.3 Å². The first-order valence-corrected chi connectivity index (χ1v) is 10.2. The van der Waals surface area contributed by atoms with Crippen LogP contribution in [0.25, 0.3) is 0 Å². The van der Waals surface area contributed by atoms with Gasteiger partial charge in [-0.2, -0.15) is 0 Å². The number of aliphatic hydroxyl groups is 1. The van der Waals surface area contributed by atoms with Crippen molar-refractivity contribution in [1.82, 2.24) is 5.32 Å². The molecular formula is C19H36ClNO2. The second kappa shape index (κ2) is 10.2. The molecule has 2 fully saturated rings. The van der Waals surface area contributed by atoms with E-state index in [1.807, 2.05) is 0 Å². The molecule has 2 aliphatic rings. The Labute approximate surface area is 147 Å². The van der Waals surface area contributed by atoms with Gasteiger partial charge in [-0.25, -0.2) is 0 Å². The van der Waals surface area contributed by atoms with Crippen molar-refractivity contribution in [2.45, 2.75) is 95.3 Å². The molecule has 23 heavy (non-hydrogen) atoms. The molecule has 4 unspecified atom stereocenters. The lowest BCUT2D eigenvalue weighted by Gasteiger charge is -2.32. The highest BCUT2D eigenvalue weighted by molar-refractivity contribution is 6.20. The average molecular weight is 346 g/mol. The summed E-state index contributed by atoms with van der Waals surface area (Å²) in [6.45, 7) is 5.90. The van der Waals surface area contributed by atoms with E-state index < -0.39 is 0 Å². The predicted molar refractivity (Wildman–Crippen MR) is 97.1 cm³/mol. The van der Waals surface area contributed by atoms with Crippen LogP contribution in [0.2, 0.25) is 0 Å². The Balaban J connectivity index is 1.60. The largest absolute Gasteiger partial charge is 0.392 e. The molecule has 0 aromatic rings. The van der Waals surface area contributed by atoms with E-state index in [0.29, 0.717) is 24.6 Å². The van der Waals surface area contributed by atoms with Gasteiger partial charge in [-0.05, 0) is 77.0 Å². The number of aliphatic hydroxyl groups excluding tert-OH is 1. The normalized spacial score (nSPS) is 35.0. The number of ether oxygens (including phenoxy) is 1. The second-order valence-corrected chi connectivity index (χ2v) is 8.35. The minimum atomic E-state index is -0.243. The Morgan fingerprint density at radius 1 is 1.17 bits per heavy atom. The summed E-state index contributed by atoms with van der Waals surface area (Å²) in [5, 5.41) is 14.2. The predicted octanol–water partition coefficient (Wildman–Crippen LogP) is 4.11. The lowest BCUT2D eigenvalue weighted by Crippen LogP contribution is -2.40. The molecule has 0 radical (unpaired) electrons. The summed E-state index contributed by atoms with van der Waals surface area (Å²) in [5.74, 6) is 1.20. The van der Waals surface area contributed by atoms with Gasteiger partial charge in [-0.15, -0.1) is 11.6 Å². The summed E-state index contributed by atoms with van der Waals surface area (Å²) in [7, 11) is 0. The lowest BCUT2D eigenvalue weighted by atomic mass is 9.83. The van der Waals surface area contributed by atoms with Gasteiger partial charge in [0.2, 0.25) is 0 Å². The highest BCUT2D eigenvalue weighted by atomic mass is 35.5. The molecule has 0 heterocycles. The first kappa shape index (κ1) is 19.5. The molecule has 2 N–H and O–H groups in total. The standard InChI is InChI=1S/C19H36ClNO2/c1-3-23-18-9-7-15(8-10-18)11-14(2)21-13-19(22)16-5-4-6-17(20)12-16/h14-19,21-22H,3-13H2,1-2H3. The van der Waals surface area contributed by atoms with E-state index in [2.05, 4.69) is 19.2 Å². The van der Waals surface area contributed by atoms with E-state index in [9.17, 15) is 5.11 Å². The van der Waals surface area contributed by atoms with E-state index in [1.165, 1.54) is 32.1 Å². The molecule has 0 spiro atoms. The zero-order valence-corrected chi connectivity index (χ0v) is 15.7. The lowest BCUT2D eigenvalue weighted by molar-refractivity contribution is 0.0234. The molecule has 0 aromatic heterocycles. The zero-order chi connectivity index (χ0) is 16.7. The third-order valence-corrected chi connectivity index (χ3v) is 6.15. The summed E-state index contributed by atoms with van der Waals surface area (Å²) < 4.78 is 5.73. The SMILES string of the molecule is CCOC1CCC(CC(C)NCC(O)C2CCCC(Cl)C2)CC1. The van der Waals surface area contributed by atoms with Crippen LogP contribution in [0.15, 0.2) is 0 Å². The van der Waals surface area contributed by atoms with Crippen LogP contribution in [0.4, 0.5) is 0 Å². The van der Waals surface area contributed by atoms with E-state index in [1.54, 1.807) is 0 Å². The third-order valence-electron chi connectivity index (χ3n) is 5.75.